The highest BCUT2D eigenvalue weighted by Gasteiger charge is 2.39. The number of aromatic nitrogens is 1. The second-order valence-electron chi connectivity index (χ2n) is 3.79. The van der Waals surface area contributed by atoms with E-state index < -0.39 is 18.1 Å². The molecule has 0 saturated heterocycles. The van der Waals surface area contributed by atoms with Crippen LogP contribution in [0.3, 0.4) is 0 Å². The van der Waals surface area contributed by atoms with E-state index in [2.05, 4.69) is 4.98 Å². The molecule has 0 aromatic carbocycles. The Morgan fingerprint density at radius 2 is 2.10 bits per heavy atom. The predicted molar refractivity (Wildman–Crippen MR) is 71.5 cm³/mol. The number of alkyl halides is 3. The van der Waals surface area contributed by atoms with Crippen LogP contribution in [0.25, 0.3) is 10.6 Å². The number of anilines is 1. The maximum Gasteiger partial charge on any atom is 0.471 e. The minimum Gasteiger partial charge on any atom is -0.481 e. The van der Waals surface area contributed by atoms with Crippen molar-refractivity contribution in [3.63, 3.8) is 0 Å². The van der Waals surface area contributed by atoms with Crippen molar-refractivity contribution >= 4 is 39.7 Å². The third kappa shape index (κ3) is 3.79. The van der Waals surface area contributed by atoms with Crippen molar-refractivity contribution < 1.29 is 27.9 Å². The topological polar surface area (TPSA) is 79.3 Å². The number of carbonyl (C=O) groups is 2. The molecule has 1 amide bonds. The summed E-state index contributed by atoms with van der Waals surface area (Å²) in [5.41, 5.74) is 0.273. The second kappa shape index (κ2) is 5.82. The molecule has 0 spiro atoms. The number of hydrogen-bond acceptors (Lipinski definition) is 5. The van der Waals surface area contributed by atoms with Crippen molar-refractivity contribution in [1.82, 2.24) is 4.98 Å². The van der Waals surface area contributed by atoms with Gasteiger partial charge in [0.25, 0.3) is 0 Å². The van der Waals surface area contributed by atoms with Gasteiger partial charge in [0, 0.05) is 4.88 Å². The van der Waals surface area contributed by atoms with Gasteiger partial charge in [-0.15, -0.1) is 22.7 Å². The summed E-state index contributed by atoms with van der Waals surface area (Å²) in [6.45, 7) is 0. The maximum absolute atomic E-state index is 12.2. The van der Waals surface area contributed by atoms with Crippen molar-refractivity contribution in [3.05, 3.63) is 22.4 Å². The lowest BCUT2D eigenvalue weighted by atomic mass is 10.2. The van der Waals surface area contributed by atoms with Gasteiger partial charge >= 0.3 is 18.1 Å². The van der Waals surface area contributed by atoms with Crippen molar-refractivity contribution in [2.45, 2.75) is 12.6 Å². The summed E-state index contributed by atoms with van der Waals surface area (Å²) in [6.07, 6.45) is -5.41. The number of rotatable bonds is 4. The van der Waals surface area contributed by atoms with Gasteiger partial charge in [0.15, 0.2) is 5.13 Å². The average molecular weight is 336 g/mol. The molecule has 0 unspecified atom stereocenters. The first-order chi connectivity index (χ1) is 9.77. The molecule has 0 bridgehead atoms. The van der Waals surface area contributed by atoms with Crippen molar-refractivity contribution in [3.8, 4) is 10.6 Å². The molecule has 0 atom stereocenters. The molecule has 2 rings (SSSR count). The first-order valence-electron chi connectivity index (χ1n) is 5.41. The zero-order valence-corrected chi connectivity index (χ0v) is 11.7. The summed E-state index contributed by atoms with van der Waals surface area (Å²) >= 11 is 1.98. The Morgan fingerprint density at radius 1 is 1.38 bits per heavy atom. The molecule has 21 heavy (non-hydrogen) atoms. The van der Waals surface area contributed by atoms with Crippen LogP contribution in [0.4, 0.5) is 18.3 Å². The van der Waals surface area contributed by atoms with E-state index in [1.54, 1.807) is 22.8 Å². The molecule has 2 heterocycles. The molecule has 0 saturated carbocycles. The van der Waals surface area contributed by atoms with Crippen molar-refractivity contribution in [2.24, 2.45) is 0 Å². The number of nitrogens with one attached hydrogen (secondary N) is 1. The Kier molecular flexibility index (Phi) is 4.28. The number of aliphatic carboxylic acids is 1. The minimum absolute atomic E-state index is 0.273. The molecule has 0 aliphatic carbocycles. The van der Waals surface area contributed by atoms with E-state index in [0.29, 0.717) is 16.2 Å². The standard InChI is InChI=1S/C11H7F3N2O3S2/c12-11(13,14)9(19)16-10-15-8(5-2-1-3-20-5)6(21-10)4-7(17)18/h1-3H,4H2,(H,17,18)(H,15,16,19). The Morgan fingerprint density at radius 3 is 2.62 bits per heavy atom. The molecular formula is C11H7F3N2O3S2. The van der Waals surface area contributed by atoms with Gasteiger partial charge in [-0.25, -0.2) is 4.98 Å². The van der Waals surface area contributed by atoms with Crippen LogP contribution in [0.2, 0.25) is 0 Å². The Hall–Kier alpha value is -1.94. The fourth-order valence-electron chi connectivity index (χ4n) is 1.44. The lowest BCUT2D eigenvalue weighted by Crippen LogP contribution is -2.29. The largest absolute Gasteiger partial charge is 0.481 e. The number of halogens is 3. The van der Waals surface area contributed by atoms with E-state index in [1.165, 1.54) is 11.3 Å². The Labute approximate surface area is 124 Å². The zero-order valence-electron chi connectivity index (χ0n) is 10.1. The van der Waals surface area contributed by atoms with Crippen LogP contribution in [0, 0.1) is 0 Å². The number of hydrogen-bond donors (Lipinski definition) is 2. The summed E-state index contributed by atoms with van der Waals surface area (Å²) in [7, 11) is 0. The fraction of sp³-hybridized carbons (Fsp3) is 0.182. The second-order valence-corrected chi connectivity index (χ2v) is 5.82. The van der Waals surface area contributed by atoms with Crippen LogP contribution in [0.5, 0.6) is 0 Å². The minimum atomic E-state index is -5.03. The summed E-state index contributed by atoms with van der Waals surface area (Å²) in [5, 5.41) is 11.9. The van der Waals surface area contributed by atoms with Gasteiger partial charge in [0.1, 0.15) is 0 Å². The number of amides is 1. The quantitative estimate of drug-likeness (QED) is 0.899. The first kappa shape index (κ1) is 15.4. The smallest absolute Gasteiger partial charge is 0.471 e. The maximum atomic E-state index is 12.2. The van der Waals surface area contributed by atoms with Gasteiger partial charge in [0.2, 0.25) is 0 Å². The number of carbonyl (C=O) groups excluding carboxylic acids is 1. The van der Waals surface area contributed by atoms with Crippen molar-refractivity contribution in [1.29, 1.82) is 0 Å². The van der Waals surface area contributed by atoms with Gasteiger partial charge in [-0.2, -0.15) is 13.2 Å². The van der Waals surface area contributed by atoms with E-state index in [9.17, 15) is 22.8 Å². The average Bonchev–Trinajstić information content (AvgIpc) is 2.96. The van der Waals surface area contributed by atoms with Crippen LogP contribution in [-0.4, -0.2) is 28.1 Å². The number of thiazole rings is 1. The summed E-state index contributed by atoms with van der Waals surface area (Å²) in [4.78, 5) is 26.5. The molecule has 2 aromatic rings. The summed E-state index contributed by atoms with van der Waals surface area (Å²) in [6, 6.07) is 3.37. The molecule has 0 aliphatic rings. The van der Waals surface area contributed by atoms with Crippen LogP contribution in [-0.2, 0) is 16.0 Å². The monoisotopic (exact) mass is 336 g/mol. The molecule has 10 heteroatoms. The normalized spacial score (nSPS) is 11.4. The number of carboxylic acids is 1. The van der Waals surface area contributed by atoms with E-state index >= 15 is 0 Å². The van der Waals surface area contributed by atoms with Crippen LogP contribution >= 0.6 is 22.7 Å². The van der Waals surface area contributed by atoms with E-state index in [0.717, 1.165) is 0 Å². The lowest BCUT2D eigenvalue weighted by Gasteiger charge is -2.04. The molecular weight excluding hydrogens is 329 g/mol. The van der Waals surface area contributed by atoms with Gasteiger partial charge in [-0.3, -0.25) is 14.9 Å². The number of nitrogens with zero attached hydrogens (tertiary/aromatic N) is 1. The molecule has 0 radical (unpaired) electrons. The predicted octanol–water partition coefficient (Wildman–Crippen LogP) is 3.00. The van der Waals surface area contributed by atoms with Gasteiger partial charge in [-0.05, 0) is 11.4 Å². The first-order valence-corrected chi connectivity index (χ1v) is 7.10. The number of thiophene rings is 1. The van der Waals surface area contributed by atoms with E-state index in [4.69, 9.17) is 5.11 Å². The third-order valence-electron chi connectivity index (χ3n) is 2.24. The number of carboxylic acid groups (broad SMARTS) is 1. The third-order valence-corrected chi connectivity index (χ3v) is 4.09. The van der Waals surface area contributed by atoms with Gasteiger partial charge < -0.3 is 5.11 Å². The molecule has 112 valence electrons. The van der Waals surface area contributed by atoms with Crippen LogP contribution in [0.15, 0.2) is 17.5 Å². The molecule has 2 N–H and O–H groups in total. The molecule has 0 fully saturated rings. The van der Waals surface area contributed by atoms with E-state index in [-0.39, 0.29) is 22.1 Å². The lowest BCUT2D eigenvalue weighted by molar-refractivity contribution is -0.167. The SMILES string of the molecule is O=C(O)Cc1sc(NC(=O)C(F)(F)F)nc1-c1cccs1. The zero-order chi connectivity index (χ0) is 15.6. The Bertz CT molecular complexity index is 665. The van der Waals surface area contributed by atoms with Crippen LogP contribution < -0.4 is 5.32 Å². The molecule has 5 nitrogen and oxygen atoms in total. The van der Waals surface area contributed by atoms with Gasteiger partial charge in [-0.1, -0.05) is 6.07 Å². The summed E-state index contributed by atoms with van der Waals surface area (Å²) in [5.74, 6) is -3.28. The van der Waals surface area contributed by atoms with E-state index in [1.807, 2.05) is 0 Å². The van der Waals surface area contributed by atoms with Crippen molar-refractivity contribution in [2.75, 3.05) is 5.32 Å². The fourth-order valence-corrected chi connectivity index (χ4v) is 3.20. The highest BCUT2D eigenvalue weighted by molar-refractivity contribution is 7.17. The summed E-state index contributed by atoms with van der Waals surface area (Å²) < 4.78 is 36.6. The highest BCUT2D eigenvalue weighted by Crippen LogP contribution is 2.34. The highest BCUT2D eigenvalue weighted by atomic mass is 32.1. The van der Waals surface area contributed by atoms with Crippen LogP contribution in [0.1, 0.15) is 4.88 Å². The van der Waals surface area contributed by atoms with Gasteiger partial charge in [0.05, 0.1) is 17.0 Å². The molecule has 2 aromatic heterocycles. The molecule has 0 aliphatic heterocycles. The Balaban J connectivity index is 2.32.